The van der Waals surface area contributed by atoms with Crippen LogP contribution < -0.4 is 16.2 Å². The monoisotopic (exact) mass is 916 g/mol. The molecule has 0 amide bonds. The largest absolute Gasteiger partial charge is 0.354 e. The number of aryl methyl sites for hydroxylation is 1. The highest BCUT2D eigenvalue weighted by molar-refractivity contribution is 7.26. The molecule has 11 aromatic rings. The molecule has 0 saturated carbocycles. The molecule has 2 aliphatic carbocycles. The van der Waals surface area contributed by atoms with Crippen molar-refractivity contribution in [3.05, 3.63) is 149 Å². The summed E-state index contributed by atoms with van der Waals surface area (Å²) in [4.78, 5) is 0. The van der Waals surface area contributed by atoms with Crippen molar-refractivity contribution < 1.29 is 0 Å². The van der Waals surface area contributed by atoms with Gasteiger partial charge < -0.3 is 9.88 Å². The highest BCUT2D eigenvalue weighted by atomic mass is 32.1. The van der Waals surface area contributed by atoms with Crippen molar-refractivity contribution in [2.45, 2.75) is 110 Å². The van der Waals surface area contributed by atoms with Crippen LogP contribution in [0.5, 0.6) is 0 Å². The van der Waals surface area contributed by atoms with E-state index in [1.807, 2.05) is 22.7 Å². The van der Waals surface area contributed by atoms with Crippen molar-refractivity contribution in [3.8, 4) is 16.8 Å². The highest BCUT2D eigenvalue weighted by Gasteiger charge is 2.39. The fraction of sp³-hybridized carbons (Fsp3) is 0.270. The zero-order valence-electron chi connectivity index (χ0n) is 40.8. The van der Waals surface area contributed by atoms with E-state index in [9.17, 15) is 0 Å². The van der Waals surface area contributed by atoms with Crippen LogP contribution >= 0.6 is 22.7 Å². The van der Waals surface area contributed by atoms with Gasteiger partial charge in [-0.15, -0.1) is 22.7 Å². The second-order valence-electron chi connectivity index (χ2n) is 23.5. The fourth-order valence-electron chi connectivity index (χ4n) is 13.3. The number of benzene rings is 8. The molecule has 8 aromatic carbocycles. The second kappa shape index (κ2) is 13.7. The van der Waals surface area contributed by atoms with Crippen LogP contribution in [-0.4, -0.2) is 11.8 Å². The van der Waals surface area contributed by atoms with Gasteiger partial charge in [-0.3, -0.25) is 0 Å². The van der Waals surface area contributed by atoms with Gasteiger partial charge in [0.25, 0.3) is 0 Å². The Morgan fingerprint density at radius 2 is 1.09 bits per heavy atom. The Hall–Kier alpha value is -5.88. The van der Waals surface area contributed by atoms with Crippen molar-refractivity contribution >= 4 is 125 Å². The van der Waals surface area contributed by atoms with Crippen LogP contribution in [0.3, 0.4) is 0 Å². The lowest BCUT2D eigenvalue weighted by Crippen LogP contribution is -2.37. The summed E-state index contributed by atoms with van der Waals surface area (Å²) >= 11 is 3.93. The lowest BCUT2D eigenvalue weighted by Gasteiger charge is -2.42. The van der Waals surface area contributed by atoms with Gasteiger partial charge >= 0.3 is 0 Å². The fourth-order valence-corrected chi connectivity index (χ4v) is 15.5. The lowest BCUT2D eigenvalue weighted by atomic mass is 9.58. The molecule has 0 unspecified atom stereocenters. The molecule has 0 radical (unpaired) electrons. The summed E-state index contributed by atoms with van der Waals surface area (Å²) in [6.45, 7) is 22.0. The van der Waals surface area contributed by atoms with Gasteiger partial charge in [-0.1, -0.05) is 115 Å². The molecule has 0 spiro atoms. The smallest absolute Gasteiger partial charge is 0.198 e. The summed E-state index contributed by atoms with van der Waals surface area (Å²) in [7, 11) is 0.870. The van der Waals surface area contributed by atoms with Crippen LogP contribution in [0.25, 0.3) is 89.7 Å². The molecule has 68 heavy (non-hydrogen) atoms. The van der Waals surface area contributed by atoms with E-state index in [4.69, 9.17) is 0 Å². The Labute approximate surface area is 408 Å². The standard InChI is InChI=1S/C63H57BN2S2/c1-34-26-41(58-50(27-34)66-49-29-36-15-11-10-14-35(36)28-38(49)37-16-12-17-46(64-58)59(37)66)56-48(20-21-52-57(56)40-31-43-45(33-54(40)68-52)63(8,9)25-23-61(43,4)5)65-47-18-13-19-51-55(47)39-30-42-44(32-53(39)67-51)62(6,7)24-22-60(42,2)3/h10-21,26-33,64-65H,22-25H2,1-9H3. The number of aromatic nitrogens is 1. The minimum Gasteiger partial charge on any atom is -0.354 e. The molecule has 2 nitrogen and oxygen atoms in total. The van der Waals surface area contributed by atoms with E-state index in [1.165, 1.54) is 166 Å². The zero-order chi connectivity index (χ0) is 46.4. The van der Waals surface area contributed by atoms with Gasteiger partial charge in [0.2, 0.25) is 0 Å². The third-order valence-electron chi connectivity index (χ3n) is 17.3. The van der Waals surface area contributed by atoms with Gasteiger partial charge in [0.05, 0.1) is 5.52 Å². The van der Waals surface area contributed by atoms with Crippen LogP contribution in [0.2, 0.25) is 0 Å². The SMILES string of the molecule is Cc1cc(-c2c(Nc3cccc4sc5cc6c(cc5c34)C(C)(C)CCC6(C)C)ccc3sc4cc5c(cc4c23)C(C)(C)CCC5(C)C)c2c(c1)-n1c3cc4ccccc4cc3c3cccc(c31)B2. The summed E-state index contributed by atoms with van der Waals surface area (Å²) in [6.07, 6.45) is 4.81. The van der Waals surface area contributed by atoms with E-state index in [-0.39, 0.29) is 21.7 Å². The summed E-state index contributed by atoms with van der Waals surface area (Å²) in [6, 6.07) is 47.8. The Bertz CT molecular complexity index is 4050. The van der Waals surface area contributed by atoms with Crippen LogP contribution in [0.15, 0.2) is 121 Å². The summed E-state index contributed by atoms with van der Waals surface area (Å²) < 4.78 is 8.08. The van der Waals surface area contributed by atoms with Gasteiger partial charge in [-0.05, 0) is 171 Å². The number of thiophene rings is 2. The topological polar surface area (TPSA) is 17.0 Å². The molecule has 1 N–H and O–H groups in total. The average molecular weight is 917 g/mol. The summed E-state index contributed by atoms with van der Waals surface area (Å²) in [5.74, 6) is 0. The molecule has 334 valence electrons. The number of hydrogen-bond acceptors (Lipinski definition) is 3. The van der Waals surface area contributed by atoms with E-state index in [0.29, 0.717) is 0 Å². The van der Waals surface area contributed by atoms with E-state index in [0.717, 1.165) is 7.28 Å². The molecular weight excluding hydrogens is 860 g/mol. The minimum absolute atomic E-state index is 0.0964. The number of nitrogens with one attached hydrogen (secondary N) is 1. The second-order valence-corrected chi connectivity index (χ2v) is 25.7. The first-order valence-corrected chi connectivity index (χ1v) is 26.6. The predicted octanol–water partition coefficient (Wildman–Crippen LogP) is 16.8. The van der Waals surface area contributed by atoms with Crippen LogP contribution in [0.4, 0.5) is 11.4 Å². The van der Waals surface area contributed by atoms with E-state index < -0.39 is 0 Å². The number of rotatable bonds is 3. The molecule has 0 atom stereocenters. The summed E-state index contributed by atoms with van der Waals surface area (Å²) in [5.41, 5.74) is 19.6. The van der Waals surface area contributed by atoms with Gasteiger partial charge in [-0.25, -0.2) is 0 Å². The Kier molecular flexibility index (Phi) is 8.27. The third-order valence-corrected chi connectivity index (χ3v) is 19.6. The number of anilines is 2. The number of nitrogens with zero attached hydrogens (tertiary/aromatic N) is 1. The quantitative estimate of drug-likeness (QED) is 0.175. The number of hydrogen-bond donors (Lipinski definition) is 1. The third kappa shape index (κ3) is 5.69. The van der Waals surface area contributed by atoms with Crippen LogP contribution in [0, 0.1) is 6.92 Å². The van der Waals surface area contributed by atoms with E-state index >= 15 is 0 Å². The maximum Gasteiger partial charge on any atom is 0.198 e. The van der Waals surface area contributed by atoms with Crippen LogP contribution in [-0.2, 0) is 21.7 Å². The number of fused-ring (bicyclic) bond motifs is 14. The first kappa shape index (κ1) is 41.1. The maximum absolute atomic E-state index is 4.26. The van der Waals surface area contributed by atoms with Gasteiger partial charge in [0, 0.05) is 79.3 Å². The Morgan fingerprint density at radius 3 is 1.75 bits per heavy atom. The van der Waals surface area contributed by atoms with Gasteiger partial charge in [-0.2, -0.15) is 0 Å². The lowest BCUT2D eigenvalue weighted by molar-refractivity contribution is 0.332. The highest BCUT2D eigenvalue weighted by Crippen LogP contribution is 2.54. The maximum atomic E-state index is 4.26. The van der Waals surface area contributed by atoms with E-state index in [2.05, 4.69) is 194 Å². The van der Waals surface area contributed by atoms with Crippen LogP contribution in [0.1, 0.15) is 109 Å². The van der Waals surface area contributed by atoms with Gasteiger partial charge in [0.1, 0.15) is 0 Å². The van der Waals surface area contributed by atoms with Crippen molar-refractivity contribution in [3.63, 3.8) is 0 Å². The Morgan fingerprint density at radius 1 is 0.500 bits per heavy atom. The van der Waals surface area contributed by atoms with Crippen molar-refractivity contribution in [2.24, 2.45) is 0 Å². The van der Waals surface area contributed by atoms with Crippen molar-refractivity contribution in [2.75, 3.05) is 5.32 Å². The molecule has 3 aliphatic rings. The number of para-hydroxylation sites is 1. The average Bonchev–Trinajstić information content (AvgIpc) is 3.98. The molecule has 0 bridgehead atoms. The molecule has 0 fully saturated rings. The first-order valence-electron chi connectivity index (χ1n) is 25.0. The molecule has 14 rings (SSSR count). The molecule has 0 saturated heterocycles. The van der Waals surface area contributed by atoms with E-state index in [1.54, 1.807) is 0 Å². The van der Waals surface area contributed by atoms with Gasteiger partial charge in [0.15, 0.2) is 7.28 Å². The predicted molar refractivity (Wildman–Crippen MR) is 301 cm³/mol. The molecule has 3 aromatic heterocycles. The molecular formula is C63H57BN2S2. The molecule has 4 heterocycles. The normalized spacial score (nSPS) is 17.5. The summed E-state index contributed by atoms with van der Waals surface area (Å²) in [5, 5.41) is 15.0. The minimum atomic E-state index is 0.0964. The zero-order valence-corrected chi connectivity index (χ0v) is 42.5. The van der Waals surface area contributed by atoms with Crippen molar-refractivity contribution in [1.82, 2.24) is 4.57 Å². The first-order chi connectivity index (χ1) is 32.5. The molecule has 1 aliphatic heterocycles. The molecule has 5 heteroatoms. The van der Waals surface area contributed by atoms with Crippen molar-refractivity contribution in [1.29, 1.82) is 0 Å². The Balaban J connectivity index is 1.07.